The van der Waals surface area contributed by atoms with Crippen molar-refractivity contribution in [3.05, 3.63) is 24.3 Å². The Morgan fingerprint density at radius 2 is 1.58 bits per heavy atom. The van der Waals surface area contributed by atoms with Crippen LogP contribution in [0, 0.1) is 5.92 Å². The molecule has 146 valence electrons. The first kappa shape index (κ1) is 19.6. The average molecular weight is 402 g/mol. The Morgan fingerprint density at radius 3 is 2.04 bits per heavy atom. The molecule has 0 amide bonds. The first-order valence-electron chi connectivity index (χ1n) is 9.04. The molecule has 8 heteroatoms. The summed E-state index contributed by atoms with van der Waals surface area (Å²) in [6, 6.07) is 6.06. The van der Waals surface area contributed by atoms with Crippen molar-refractivity contribution in [3.63, 3.8) is 0 Å². The molecule has 26 heavy (non-hydrogen) atoms. The number of rotatable bonds is 6. The summed E-state index contributed by atoms with van der Waals surface area (Å²) >= 11 is 0. The topological polar surface area (TPSA) is 80.8 Å². The summed E-state index contributed by atoms with van der Waals surface area (Å²) in [7, 11) is -6.77. The maximum absolute atomic E-state index is 13.1. The fourth-order valence-electron chi connectivity index (χ4n) is 3.92. The van der Waals surface area contributed by atoms with E-state index in [9.17, 15) is 16.8 Å². The molecule has 2 aliphatic rings. The van der Waals surface area contributed by atoms with E-state index in [2.05, 4.69) is 13.8 Å². The number of sulfonamides is 1. The molecule has 0 radical (unpaired) electrons. The average Bonchev–Trinajstić information content (AvgIpc) is 2.83. The lowest BCUT2D eigenvalue weighted by Gasteiger charge is -2.37. The van der Waals surface area contributed by atoms with Crippen LogP contribution in [0.1, 0.15) is 39.5 Å². The molecule has 3 rings (SSSR count). The van der Waals surface area contributed by atoms with Crippen LogP contribution in [0.4, 0.5) is 0 Å². The third kappa shape index (κ3) is 3.92. The third-order valence-corrected chi connectivity index (χ3v) is 8.83. The molecule has 2 bridgehead atoms. The van der Waals surface area contributed by atoms with Crippen LogP contribution in [-0.4, -0.2) is 51.3 Å². The van der Waals surface area contributed by atoms with Gasteiger partial charge in [-0.3, -0.25) is 0 Å². The fourth-order valence-corrected chi connectivity index (χ4v) is 6.95. The molecule has 2 aliphatic heterocycles. The van der Waals surface area contributed by atoms with E-state index in [1.807, 2.05) is 0 Å². The van der Waals surface area contributed by atoms with Crippen LogP contribution < -0.4 is 4.74 Å². The van der Waals surface area contributed by atoms with E-state index in [-0.39, 0.29) is 17.0 Å². The number of hydrogen-bond donors (Lipinski definition) is 0. The van der Waals surface area contributed by atoms with Crippen LogP contribution in [0.5, 0.6) is 5.75 Å². The largest absolute Gasteiger partial charge is 0.493 e. The molecular formula is C18H27NO5S2. The zero-order chi connectivity index (χ0) is 19.1. The number of ether oxygens (including phenoxy) is 1. The minimum atomic E-state index is -3.63. The van der Waals surface area contributed by atoms with Gasteiger partial charge in [0, 0.05) is 18.3 Å². The van der Waals surface area contributed by atoms with Gasteiger partial charge in [-0.25, -0.2) is 16.8 Å². The van der Waals surface area contributed by atoms with Crippen molar-refractivity contribution in [1.82, 2.24) is 4.31 Å². The standard InChI is InChI=1S/C18H27NO5S2/c1-13(2)12-24-16-6-8-17(9-7-16)26(22,23)19-14-4-5-15(19)11-18(10-14)25(3,20)21/h6-9,13-15,18H,4-5,10-12H2,1-3H3. The van der Waals surface area contributed by atoms with E-state index >= 15 is 0 Å². The minimum absolute atomic E-state index is 0.227. The first-order valence-corrected chi connectivity index (χ1v) is 12.4. The lowest BCUT2D eigenvalue weighted by atomic mass is 10.1. The highest BCUT2D eigenvalue weighted by Gasteiger charge is 2.49. The van der Waals surface area contributed by atoms with Gasteiger partial charge in [0.25, 0.3) is 0 Å². The SMILES string of the molecule is CC(C)COc1ccc(S(=O)(=O)N2C3CCC2CC(S(C)(=O)=O)C3)cc1. The molecule has 0 saturated carbocycles. The van der Waals surface area contributed by atoms with Gasteiger partial charge < -0.3 is 4.74 Å². The molecular weight excluding hydrogens is 374 g/mol. The maximum atomic E-state index is 13.1. The van der Waals surface area contributed by atoms with Gasteiger partial charge in [0.15, 0.2) is 0 Å². The quantitative estimate of drug-likeness (QED) is 0.731. The van der Waals surface area contributed by atoms with Crippen LogP contribution in [0.15, 0.2) is 29.2 Å². The Balaban J connectivity index is 1.79. The minimum Gasteiger partial charge on any atom is -0.493 e. The maximum Gasteiger partial charge on any atom is 0.243 e. The van der Waals surface area contributed by atoms with Gasteiger partial charge >= 0.3 is 0 Å². The number of hydrogen-bond acceptors (Lipinski definition) is 5. The van der Waals surface area contributed by atoms with Crippen LogP contribution in [-0.2, 0) is 19.9 Å². The lowest BCUT2D eigenvalue weighted by Crippen LogP contribution is -2.49. The molecule has 0 aliphatic carbocycles. The lowest BCUT2D eigenvalue weighted by molar-refractivity contribution is 0.249. The van der Waals surface area contributed by atoms with E-state index in [4.69, 9.17) is 4.74 Å². The van der Waals surface area contributed by atoms with Gasteiger partial charge in [-0.05, 0) is 55.9 Å². The van der Waals surface area contributed by atoms with Gasteiger partial charge in [-0.15, -0.1) is 0 Å². The zero-order valence-electron chi connectivity index (χ0n) is 15.5. The van der Waals surface area contributed by atoms with E-state index in [1.165, 1.54) is 6.26 Å². The Kier molecular flexibility index (Phi) is 5.38. The predicted molar refractivity (Wildman–Crippen MR) is 100 cm³/mol. The van der Waals surface area contributed by atoms with E-state index in [1.54, 1.807) is 28.6 Å². The molecule has 1 aromatic rings. The summed E-state index contributed by atoms with van der Waals surface area (Å²) < 4.78 is 57.2. The van der Waals surface area contributed by atoms with Crippen LogP contribution in [0.3, 0.4) is 0 Å². The molecule has 2 heterocycles. The second-order valence-electron chi connectivity index (χ2n) is 7.82. The van der Waals surface area contributed by atoms with Crippen molar-refractivity contribution in [3.8, 4) is 5.75 Å². The number of nitrogens with zero attached hydrogens (tertiary/aromatic N) is 1. The molecule has 2 fully saturated rings. The smallest absolute Gasteiger partial charge is 0.243 e. The Morgan fingerprint density at radius 1 is 1.04 bits per heavy atom. The molecule has 0 aromatic heterocycles. The van der Waals surface area contributed by atoms with E-state index in [0.29, 0.717) is 31.1 Å². The normalized spacial score (nSPS) is 27.0. The van der Waals surface area contributed by atoms with Crippen molar-refractivity contribution in [2.45, 2.75) is 61.8 Å². The van der Waals surface area contributed by atoms with Crippen molar-refractivity contribution in [2.75, 3.05) is 12.9 Å². The van der Waals surface area contributed by atoms with Crippen LogP contribution in [0.25, 0.3) is 0 Å². The van der Waals surface area contributed by atoms with Crippen molar-refractivity contribution < 1.29 is 21.6 Å². The van der Waals surface area contributed by atoms with Gasteiger partial charge in [0.1, 0.15) is 15.6 Å². The monoisotopic (exact) mass is 401 g/mol. The first-order chi connectivity index (χ1) is 12.1. The van der Waals surface area contributed by atoms with Gasteiger partial charge in [-0.2, -0.15) is 4.31 Å². The highest BCUT2D eigenvalue weighted by Crippen LogP contribution is 2.41. The Bertz CT molecular complexity index is 832. The molecule has 1 aromatic carbocycles. The molecule has 2 atom stereocenters. The molecule has 2 saturated heterocycles. The molecule has 0 N–H and O–H groups in total. The summed E-state index contributed by atoms with van der Waals surface area (Å²) in [5.41, 5.74) is 0. The summed E-state index contributed by atoms with van der Waals surface area (Å²) in [5, 5.41) is -0.432. The molecule has 6 nitrogen and oxygen atoms in total. The number of sulfone groups is 1. The van der Waals surface area contributed by atoms with Crippen LogP contribution >= 0.6 is 0 Å². The second-order valence-corrected chi connectivity index (χ2v) is 12.0. The fraction of sp³-hybridized carbons (Fsp3) is 0.667. The second kappa shape index (κ2) is 7.13. The molecule has 2 unspecified atom stereocenters. The summed E-state index contributed by atoms with van der Waals surface area (Å²) in [4.78, 5) is 0.240. The Labute approximate surface area is 156 Å². The highest BCUT2D eigenvalue weighted by atomic mass is 32.2. The number of benzene rings is 1. The van der Waals surface area contributed by atoms with Gasteiger partial charge in [-0.1, -0.05) is 13.8 Å². The van der Waals surface area contributed by atoms with Crippen molar-refractivity contribution in [1.29, 1.82) is 0 Å². The highest BCUT2D eigenvalue weighted by molar-refractivity contribution is 7.91. The molecule has 0 spiro atoms. The zero-order valence-corrected chi connectivity index (χ0v) is 17.1. The number of fused-ring (bicyclic) bond motifs is 2. The van der Waals surface area contributed by atoms with E-state index < -0.39 is 25.1 Å². The van der Waals surface area contributed by atoms with Crippen LogP contribution in [0.2, 0.25) is 0 Å². The Hall–Kier alpha value is -1.12. The summed E-state index contributed by atoms with van der Waals surface area (Å²) in [6.07, 6.45) is 3.49. The summed E-state index contributed by atoms with van der Waals surface area (Å²) in [6.45, 7) is 4.68. The van der Waals surface area contributed by atoms with Gasteiger partial charge in [0.2, 0.25) is 10.0 Å². The summed E-state index contributed by atoms with van der Waals surface area (Å²) in [5.74, 6) is 1.04. The van der Waals surface area contributed by atoms with Crippen molar-refractivity contribution in [2.24, 2.45) is 5.92 Å². The van der Waals surface area contributed by atoms with Gasteiger partial charge in [0.05, 0.1) is 16.8 Å². The van der Waals surface area contributed by atoms with Crippen molar-refractivity contribution >= 4 is 19.9 Å². The van der Waals surface area contributed by atoms with E-state index in [0.717, 1.165) is 12.8 Å². The predicted octanol–water partition coefficient (Wildman–Crippen LogP) is 2.45. The third-order valence-electron chi connectivity index (χ3n) is 5.21. The number of piperidine rings is 1.